The molecule has 1 amide bonds. The number of nitrogens with zero attached hydrogens (tertiary/aromatic N) is 1. The van der Waals surface area contributed by atoms with E-state index < -0.39 is 0 Å². The van der Waals surface area contributed by atoms with Gasteiger partial charge in [-0.2, -0.15) is 0 Å². The number of benzene rings is 1. The number of amides is 1. The first-order valence-corrected chi connectivity index (χ1v) is 7.40. The first-order chi connectivity index (χ1) is 8.47. The molecule has 18 heavy (non-hydrogen) atoms. The van der Waals surface area contributed by atoms with Crippen LogP contribution in [0.5, 0.6) is 0 Å². The second-order valence-electron chi connectivity index (χ2n) is 5.32. The van der Waals surface area contributed by atoms with E-state index in [2.05, 4.69) is 36.4 Å². The highest BCUT2D eigenvalue weighted by molar-refractivity contribution is 14.1. The molecule has 0 aromatic heterocycles. The van der Waals surface area contributed by atoms with Gasteiger partial charge in [-0.05, 0) is 59.0 Å². The molecule has 0 saturated carbocycles. The Kier molecular flexibility index (Phi) is 4.14. The first-order valence-electron chi connectivity index (χ1n) is 6.32. The summed E-state index contributed by atoms with van der Waals surface area (Å²) >= 11 is 2.19. The summed E-state index contributed by atoms with van der Waals surface area (Å²) in [7, 11) is 0. The zero-order valence-electron chi connectivity index (χ0n) is 10.8. The summed E-state index contributed by atoms with van der Waals surface area (Å²) in [5.74, 6) is 1.39. The second-order valence-corrected chi connectivity index (χ2v) is 6.56. The SMILES string of the molecule is CC(C)C1CCN(C(=O)c2cc(N)cc(I)c2)C1. The number of likely N-dealkylation sites (tertiary alicyclic amines) is 1. The maximum Gasteiger partial charge on any atom is 0.253 e. The number of hydrogen-bond donors (Lipinski definition) is 1. The molecule has 1 fully saturated rings. The number of nitrogens with two attached hydrogens (primary N) is 1. The van der Waals surface area contributed by atoms with Crippen LogP contribution in [0.2, 0.25) is 0 Å². The van der Waals surface area contributed by atoms with Crippen molar-refractivity contribution in [2.24, 2.45) is 11.8 Å². The van der Waals surface area contributed by atoms with Crippen molar-refractivity contribution < 1.29 is 4.79 Å². The Morgan fingerprint density at radius 1 is 1.44 bits per heavy atom. The summed E-state index contributed by atoms with van der Waals surface area (Å²) in [6, 6.07) is 5.55. The largest absolute Gasteiger partial charge is 0.399 e. The minimum absolute atomic E-state index is 0.114. The fourth-order valence-electron chi connectivity index (χ4n) is 2.43. The number of rotatable bonds is 2. The quantitative estimate of drug-likeness (QED) is 0.653. The summed E-state index contributed by atoms with van der Waals surface area (Å²) in [5.41, 5.74) is 7.17. The predicted octanol–water partition coefficient (Wildman–Crippen LogP) is 2.99. The molecular weight excluding hydrogens is 339 g/mol. The van der Waals surface area contributed by atoms with E-state index in [4.69, 9.17) is 5.73 Å². The fraction of sp³-hybridized carbons (Fsp3) is 0.500. The Morgan fingerprint density at radius 3 is 2.72 bits per heavy atom. The van der Waals surface area contributed by atoms with E-state index in [-0.39, 0.29) is 5.91 Å². The highest BCUT2D eigenvalue weighted by atomic mass is 127. The topological polar surface area (TPSA) is 46.3 Å². The maximum absolute atomic E-state index is 12.4. The molecule has 0 spiro atoms. The molecule has 1 heterocycles. The van der Waals surface area contributed by atoms with Gasteiger partial charge in [-0.3, -0.25) is 4.79 Å². The maximum atomic E-state index is 12.4. The Hall–Kier alpha value is -0.780. The smallest absolute Gasteiger partial charge is 0.253 e. The Labute approximate surface area is 122 Å². The van der Waals surface area contributed by atoms with Crippen LogP contribution >= 0.6 is 22.6 Å². The number of halogens is 1. The number of carbonyl (C=O) groups excluding carboxylic acids is 1. The third-order valence-electron chi connectivity index (χ3n) is 3.62. The monoisotopic (exact) mass is 358 g/mol. The van der Waals surface area contributed by atoms with Crippen molar-refractivity contribution in [1.29, 1.82) is 0 Å². The van der Waals surface area contributed by atoms with E-state index in [1.54, 1.807) is 6.07 Å². The second kappa shape index (κ2) is 5.47. The molecule has 0 bridgehead atoms. The van der Waals surface area contributed by atoms with Crippen LogP contribution in [0.15, 0.2) is 18.2 Å². The molecule has 98 valence electrons. The van der Waals surface area contributed by atoms with E-state index in [1.807, 2.05) is 17.0 Å². The lowest BCUT2D eigenvalue weighted by Gasteiger charge is -2.18. The molecule has 3 nitrogen and oxygen atoms in total. The van der Waals surface area contributed by atoms with Gasteiger partial charge in [0.2, 0.25) is 0 Å². The fourth-order valence-corrected chi connectivity index (χ4v) is 3.13. The van der Waals surface area contributed by atoms with E-state index in [1.165, 1.54) is 0 Å². The molecule has 2 rings (SSSR count). The van der Waals surface area contributed by atoms with Crippen LogP contribution in [0.1, 0.15) is 30.6 Å². The van der Waals surface area contributed by atoms with Gasteiger partial charge >= 0.3 is 0 Å². The average Bonchev–Trinajstić information content (AvgIpc) is 2.75. The predicted molar refractivity (Wildman–Crippen MR) is 82.4 cm³/mol. The number of anilines is 1. The van der Waals surface area contributed by atoms with Gasteiger partial charge in [0, 0.05) is 27.9 Å². The van der Waals surface area contributed by atoms with Gasteiger partial charge in [-0.15, -0.1) is 0 Å². The molecule has 0 radical (unpaired) electrons. The molecule has 1 aliphatic rings. The highest BCUT2D eigenvalue weighted by Gasteiger charge is 2.28. The summed E-state index contributed by atoms with van der Waals surface area (Å²) < 4.78 is 1.01. The molecule has 1 aromatic rings. The lowest BCUT2D eigenvalue weighted by Crippen LogP contribution is -2.29. The lowest BCUT2D eigenvalue weighted by atomic mass is 9.95. The Balaban J connectivity index is 2.12. The van der Waals surface area contributed by atoms with Gasteiger partial charge < -0.3 is 10.6 Å². The minimum Gasteiger partial charge on any atom is -0.399 e. The van der Waals surface area contributed by atoms with Gasteiger partial charge in [-0.25, -0.2) is 0 Å². The molecule has 0 aliphatic carbocycles. The van der Waals surface area contributed by atoms with Crippen LogP contribution in [0.25, 0.3) is 0 Å². The molecular formula is C14H19IN2O. The van der Waals surface area contributed by atoms with Gasteiger partial charge in [0.15, 0.2) is 0 Å². The van der Waals surface area contributed by atoms with Crippen molar-refractivity contribution in [2.75, 3.05) is 18.8 Å². The van der Waals surface area contributed by atoms with Crippen LogP contribution in [-0.4, -0.2) is 23.9 Å². The van der Waals surface area contributed by atoms with Crippen molar-refractivity contribution >= 4 is 34.2 Å². The van der Waals surface area contributed by atoms with Crippen LogP contribution < -0.4 is 5.73 Å². The normalized spacial score (nSPS) is 19.6. The Morgan fingerprint density at radius 2 is 2.17 bits per heavy atom. The van der Waals surface area contributed by atoms with E-state index in [0.29, 0.717) is 23.1 Å². The lowest BCUT2D eigenvalue weighted by molar-refractivity contribution is 0.0784. The summed E-state index contributed by atoms with van der Waals surface area (Å²) in [4.78, 5) is 14.3. The van der Waals surface area contributed by atoms with Gasteiger partial charge in [0.1, 0.15) is 0 Å². The number of nitrogen functional groups attached to an aromatic ring is 1. The third kappa shape index (κ3) is 2.96. The van der Waals surface area contributed by atoms with Crippen molar-refractivity contribution in [3.8, 4) is 0 Å². The number of carbonyl (C=O) groups is 1. The summed E-state index contributed by atoms with van der Waals surface area (Å²) in [6.45, 7) is 6.19. The Bertz CT molecular complexity index is 439. The van der Waals surface area contributed by atoms with Crippen LogP contribution in [0.3, 0.4) is 0 Å². The van der Waals surface area contributed by atoms with Crippen LogP contribution in [0, 0.1) is 15.4 Å². The van der Waals surface area contributed by atoms with Crippen LogP contribution in [0.4, 0.5) is 5.69 Å². The highest BCUT2D eigenvalue weighted by Crippen LogP contribution is 2.25. The third-order valence-corrected chi connectivity index (χ3v) is 4.24. The van der Waals surface area contributed by atoms with E-state index in [0.717, 1.165) is 23.1 Å². The van der Waals surface area contributed by atoms with E-state index in [9.17, 15) is 4.79 Å². The zero-order valence-corrected chi connectivity index (χ0v) is 13.0. The average molecular weight is 358 g/mol. The van der Waals surface area contributed by atoms with Crippen molar-refractivity contribution in [3.63, 3.8) is 0 Å². The standard InChI is InChI=1S/C14H19IN2O/c1-9(2)10-3-4-17(8-10)14(18)11-5-12(15)7-13(16)6-11/h5-7,9-10H,3-4,8,16H2,1-2H3. The van der Waals surface area contributed by atoms with Gasteiger partial charge in [0.05, 0.1) is 0 Å². The molecule has 1 aromatic carbocycles. The van der Waals surface area contributed by atoms with Crippen molar-refractivity contribution in [2.45, 2.75) is 20.3 Å². The van der Waals surface area contributed by atoms with Crippen molar-refractivity contribution in [1.82, 2.24) is 4.90 Å². The molecule has 1 saturated heterocycles. The van der Waals surface area contributed by atoms with Gasteiger partial charge in [-0.1, -0.05) is 13.8 Å². The minimum atomic E-state index is 0.114. The summed E-state index contributed by atoms with van der Waals surface area (Å²) in [5, 5.41) is 0. The summed E-state index contributed by atoms with van der Waals surface area (Å²) in [6.07, 6.45) is 1.11. The molecule has 4 heteroatoms. The van der Waals surface area contributed by atoms with E-state index >= 15 is 0 Å². The molecule has 1 atom stereocenters. The number of hydrogen-bond acceptors (Lipinski definition) is 2. The molecule has 1 aliphatic heterocycles. The molecule has 2 N–H and O–H groups in total. The zero-order chi connectivity index (χ0) is 13.3. The van der Waals surface area contributed by atoms with Crippen LogP contribution in [-0.2, 0) is 0 Å². The molecule has 1 unspecified atom stereocenters. The van der Waals surface area contributed by atoms with Crippen molar-refractivity contribution in [3.05, 3.63) is 27.3 Å². The first kappa shape index (κ1) is 13.6. The van der Waals surface area contributed by atoms with Gasteiger partial charge in [0.25, 0.3) is 5.91 Å².